The number of amides is 2. The number of nitrogens with zero attached hydrogens (tertiary/aromatic N) is 3. The molecule has 2 N–H and O–H groups in total. The average molecular weight is 381 g/mol. The lowest BCUT2D eigenvalue weighted by Gasteiger charge is -2.14. The summed E-state index contributed by atoms with van der Waals surface area (Å²) in [5.74, 6) is -1.81. The number of benzene rings is 2. The Morgan fingerprint density at radius 3 is 2.54 bits per heavy atom. The average Bonchev–Trinajstić information content (AvgIpc) is 3.14. The van der Waals surface area contributed by atoms with Crippen LogP contribution in [0, 0.1) is 0 Å². The van der Waals surface area contributed by atoms with E-state index < -0.39 is 23.9 Å². The minimum absolute atomic E-state index is 0.253. The first-order valence-electron chi connectivity index (χ1n) is 8.69. The van der Waals surface area contributed by atoms with E-state index >= 15 is 0 Å². The highest BCUT2D eigenvalue weighted by molar-refractivity contribution is 5.97. The lowest BCUT2D eigenvalue weighted by Crippen LogP contribution is -2.46. The molecule has 0 spiro atoms. The smallest absolute Gasteiger partial charge is 0.338 e. The molecule has 0 saturated heterocycles. The molecule has 0 saturated carbocycles. The number of fused-ring (bicyclic) bond motifs is 1. The number of hydrazine groups is 1. The standard InChI is InChI=1S/C19H19N5O4/c1-3-24-16-10-9-14(11-15(16)20-23-24)19(27)28-12(2)17(25)21-22-18(26)13-7-5-4-6-8-13/h4-12H,3H2,1-2H3,(H,21,25)(H,22,26)/t12-/m1/s1. The van der Waals surface area contributed by atoms with Crippen molar-refractivity contribution < 1.29 is 19.1 Å². The number of hydrogen-bond acceptors (Lipinski definition) is 6. The Kier molecular flexibility index (Phi) is 5.64. The summed E-state index contributed by atoms with van der Waals surface area (Å²) in [6, 6.07) is 13.3. The largest absolute Gasteiger partial charge is 0.449 e. The van der Waals surface area contributed by atoms with E-state index in [1.807, 2.05) is 6.92 Å². The SMILES string of the molecule is CCn1nnc2cc(C(=O)O[C@H](C)C(=O)NNC(=O)c3ccccc3)ccc21. The minimum atomic E-state index is -1.11. The van der Waals surface area contributed by atoms with E-state index in [1.165, 1.54) is 6.92 Å². The van der Waals surface area contributed by atoms with Crippen molar-refractivity contribution in [3.05, 3.63) is 59.7 Å². The van der Waals surface area contributed by atoms with Crippen molar-refractivity contribution in [3.63, 3.8) is 0 Å². The van der Waals surface area contributed by atoms with Crippen LogP contribution in [0.1, 0.15) is 34.6 Å². The molecule has 9 heteroatoms. The van der Waals surface area contributed by atoms with Gasteiger partial charge in [-0.25, -0.2) is 9.48 Å². The van der Waals surface area contributed by atoms with Crippen molar-refractivity contribution in [1.82, 2.24) is 25.8 Å². The third-order valence-corrected chi connectivity index (χ3v) is 4.04. The van der Waals surface area contributed by atoms with Gasteiger partial charge in [-0.2, -0.15) is 0 Å². The van der Waals surface area contributed by atoms with Gasteiger partial charge < -0.3 is 4.74 Å². The maximum atomic E-state index is 12.3. The number of carbonyl (C=O) groups is 3. The number of carbonyl (C=O) groups excluding carboxylic acids is 3. The number of rotatable bonds is 5. The van der Waals surface area contributed by atoms with Crippen LogP contribution in [-0.4, -0.2) is 38.9 Å². The van der Waals surface area contributed by atoms with E-state index in [4.69, 9.17) is 4.74 Å². The summed E-state index contributed by atoms with van der Waals surface area (Å²) in [6.45, 7) is 4.01. The number of nitrogens with one attached hydrogen (secondary N) is 2. The summed E-state index contributed by atoms with van der Waals surface area (Å²) < 4.78 is 6.87. The van der Waals surface area contributed by atoms with E-state index in [0.29, 0.717) is 17.6 Å². The second-order valence-electron chi connectivity index (χ2n) is 5.97. The van der Waals surface area contributed by atoms with Gasteiger partial charge in [-0.15, -0.1) is 5.10 Å². The maximum absolute atomic E-state index is 12.3. The predicted molar refractivity (Wildman–Crippen MR) is 100 cm³/mol. The van der Waals surface area contributed by atoms with E-state index in [1.54, 1.807) is 53.2 Å². The Hall–Kier alpha value is -3.75. The summed E-state index contributed by atoms with van der Waals surface area (Å²) in [5.41, 5.74) is 6.51. The number of ether oxygens (including phenoxy) is 1. The second-order valence-corrected chi connectivity index (χ2v) is 5.97. The molecule has 3 rings (SSSR count). The second kappa shape index (κ2) is 8.30. The molecular weight excluding hydrogens is 362 g/mol. The maximum Gasteiger partial charge on any atom is 0.338 e. The van der Waals surface area contributed by atoms with Gasteiger partial charge in [0, 0.05) is 12.1 Å². The fourth-order valence-corrected chi connectivity index (χ4v) is 2.50. The molecule has 0 radical (unpaired) electrons. The molecule has 0 aliphatic heterocycles. The molecule has 0 bridgehead atoms. The number of aromatic nitrogens is 3. The van der Waals surface area contributed by atoms with Crippen LogP contribution in [0.5, 0.6) is 0 Å². The predicted octanol–water partition coefficient (Wildman–Crippen LogP) is 1.46. The zero-order valence-electron chi connectivity index (χ0n) is 15.4. The summed E-state index contributed by atoms with van der Waals surface area (Å²) in [4.78, 5) is 36.3. The van der Waals surface area contributed by atoms with Crippen molar-refractivity contribution in [2.45, 2.75) is 26.5 Å². The zero-order valence-corrected chi connectivity index (χ0v) is 15.4. The van der Waals surface area contributed by atoms with Crippen LogP contribution < -0.4 is 10.9 Å². The fourth-order valence-electron chi connectivity index (χ4n) is 2.50. The molecule has 3 aromatic rings. The normalized spacial score (nSPS) is 11.6. The van der Waals surface area contributed by atoms with Crippen LogP contribution in [0.3, 0.4) is 0 Å². The van der Waals surface area contributed by atoms with Crippen LogP contribution in [0.4, 0.5) is 0 Å². The Bertz CT molecular complexity index is 1020. The molecule has 0 fully saturated rings. The van der Waals surface area contributed by atoms with Crippen molar-refractivity contribution in [2.75, 3.05) is 0 Å². The minimum Gasteiger partial charge on any atom is -0.449 e. The highest BCUT2D eigenvalue weighted by Gasteiger charge is 2.20. The summed E-state index contributed by atoms with van der Waals surface area (Å²) in [7, 11) is 0. The van der Waals surface area contributed by atoms with Gasteiger partial charge in [0.05, 0.1) is 11.1 Å². The van der Waals surface area contributed by atoms with Crippen molar-refractivity contribution >= 4 is 28.8 Å². The Morgan fingerprint density at radius 2 is 1.82 bits per heavy atom. The Labute approximate surface area is 160 Å². The molecule has 28 heavy (non-hydrogen) atoms. The lowest BCUT2D eigenvalue weighted by atomic mass is 10.2. The van der Waals surface area contributed by atoms with Crippen LogP contribution >= 0.6 is 0 Å². The molecule has 2 aromatic carbocycles. The number of aryl methyl sites for hydroxylation is 1. The highest BCUT2D eigenvalue weighted by atomic mass is 16.5. The van der Waals surface area contributed by atoms with E-state index in [2.05, 4.69) is 21.2 Å². The van der Waals surface area contributed by atoms with Gasteiger partial charge in [-0.1, -0.05) is 23.4 Å². The molecule has 0 unspecified atom stereocenters. The third kappa shape index (κ3) is 4.14. The molecule has 1 aromatic heterocycles. The van der Waals surface area contributed by atoms with Gasteiger partial charge in [-0.3, -0.25) is 20.4 Å². The van der Waals surface area contributed by atoms with Crippen molar-refractivity contribution in [3.8, 4) is 0 Å². The van der Waals surface area contributed by atoms with Gasteiger partial charge >= 0.3 is 5.97 Å². The Morgan fingerprint density at radius 1 is 1.07 bits per heavy atom. The van der Waals surface area contributed by atoms with E-state index in [0.717, 1.165) is 5.52 Å². The first-order valence-corrected chi connectivity index (χ1v) is 8.69. The van der Waals surface area contributed by atoms with Crippen LogP contribution in [0.25, 0.3) is 11.0 Å². The molecule has 9 nitrogen and oxygen atoms in total. The first-order chi connectivity index (χ1) is 13.5. The van der Waals surface area contributed by atoms with Gasteiger partial charge in [0.15, 0.2) is 6.10 Å². The fraction of sp³-hybridized carbons (Fsp3) is 0.211. The molecule has 144 valence electrons. The molecule has 1 heterocycles. The highest BCUT2D eigenvalue weighted by Crippen LogP contribution is 2.14. The van der Waals surface area contributed by atoms with E-state index in [9.17, 15) is 14.4 Å². The van der Waals surface area contributed by atoms with Gasteiger partial charge in [0.2, 0.25) is 0 Å². The van der Waals surface area contributed by atoms with Gasteiger partial charge in [0.1, 0.15) is 5.52 Å². The lowest BCUT2D eigenvalue weighted by molar-refractivity contribution is -0.129. The molecule has 0 aliphatic carbocycles. The van der Waals surface area contributed by atoms with Crippen molar-refractivity contribution in [2.24, 2.45) is 0 Å². The molecular formula is C19H19N5O4. The van der Waals surface area contributed by atoms with Crippen LogP contribution in [0.15, 0.2) is 48.5 Å². The Balaban J connectivity index is 1.57. The van der Waals surface area contributed by atoms with Crippen LogP contribution in [0.2, 0.25) is 0 Å². The van der Waals surface area contributed by atoms with Gasteiger partial charge in [-0.05, 0) is 44.2 Å². The molecule has 0 aliphatic rings. The third-order valence-electron chi connectivity index (χ3n) is 4.04. The number of esters is 1. The summed E-state index contributed by atoms with van der Waals surface area (Å²) in [5, 5.41) is 7.98. The van der Waals surface area contributed by atoms with Crippen LogP contribution in [-0.2, 0) is 16.1 Å². The molecule has 2 amide bonds. The zero-order chi connectivity index (χ0) is 20.1. The quantitative estimate of drug-likeness (QED) is 0.511. The van der Waals surface area contributed by atoms with E-state index in [-0.39, 0.29) is 5.56 Å². The molecule has 1 atom stereocenters. The number of hydrogen-bond donors (Lipinski definition) is 2. The monoisotopic (exact) mass is 381 g/mol. The van der Waals surface area contributed by atoms with Crippen molar-refractivity contribution in [1.29, 1.82) is 0 Å². The first kappa shape index (κ1) is 19.0. The van der Waals surface area contributed by atoms with Gasteiger partial charge in [0.25, 0.3) is 11.8 Å². The topological polar surface area (TPSA) is 115 Å². The summed E-state index contributed by atoms with van der Waals surface area (Å²) >= 11 is 0. The summed E-state index contributed by atoms with van der Waals surface area (Å²) in [6.07, 6.45) is -1.11.